The minimum Gasteiger partial charge on any atom is -0.388 e. The number of rotatable bonds is 3. The molecular weight excluding hydrogens is 114 g/mol. The summed E-state index contributed by atoms with van der Waals surface area (Å²) in [6, 6.07) is 0.322. The van der Waals surface area contributed by atoms with E-state index in [1.54, 1.807) is 11.2 Å². The van der Waals surface area contributed by atoms with E-state index in [0.717, 1.165) is 0 Å². The van der Waals surface area contributed by atoms with E-state index < -0.39 is 0 Å². The summed E-state index contributed by atoms with van der Waals surface area (Å²) in [6.45, 7) is 7.57. The SMILES string of the molecule is C=CN(/N=C\N)C(C)C. The van der Waals surface area contributed by atoms with Crippen molar-refractivity contribution in [2.75, 3.05) is 0 Å². The van der Waals surface area contributed by atoms with Crippen LogP contribution in [0.25, 0.3) is 0 Å². The topological polar surface area (TPSA) is 41.6 Å². The Bertz CT molecular complexity index is 107. The van der Waals surface area contributed by atoms with Crippen LogP contribution in [0.3, 0.4) is 0 Å². The highest BCUT2D eigenvalue weighted by Crippen LogP contribution is 1.96. The van der Waals surface area contributed by atoms with Crippen LogP contribution in [0, 0.1) is 0 Å². The van der Waals surface area contributed by atoms with E-state index in [1.165, 1.54) is 6.34 Å². The third kappa shape index (κ3) is 2.74. The molecule has 0 aromatic heterocycles. The normalized spacial score (nSPS) is 10.6. The number of nitrogens with two attached hydrogens (primary N) is 1. The fraction of sp³-hybridized carbons (Fsp3) is 0.500. The summed E-state index contributed by atoms with van der Waals surface area (Å²) >= 11 is 0. The van der Waals surface area contributed by atoms with Crippen molar-refractivity contribution in [1.82, 2.24) is 5.01 Å². The predicted octanol–water partition coefficient (Wildman–Crippen LogP) is 0.742. The van der Waals surface area contributed by atoms with Crippen molar-refractivity contribution in [2.45, 2.75) is 19.9 Å². The minimum atomic E-state index is 0.322. The quantitative estimate of drug-likeness (QED) is 0.345. The van der Waals surface area contributed by atoms with E-state index >= 15 is 0 Å². The zero-order chi connectivity index (χ0) is 7.28. The van der Waals surface area contributed by atoms with Gasteiger partial charge in [0.25, 0.3) is 0 Å². The van der Waals surface area contributed by atoms with Crippen molar-refractivity contribution < 1.29 is 0 Å². The Morgan fingerprint density at radius 2 is 2.22 bits per heavy atom. The third-order valence-electron chi connectivity index (χ3n) is 0.916. The number of nitrogens with zero attached hydrogens (tertiary/aromatic N) is 2. The summed E-state index contributed by atoms with van der Waals surface area (Å²) in [5.74, 6) is 0. The maximum absolute atomic E-state index is 5.06. The first-order valence-corrected chi connectivity index (χ1v) is 2.87. The number of hydrazone groups is 1. The largest absolute Gasteiger partial charge is 0.388 e. The van der Waals surface area contributed by atoms with Crippen LogP contribution in [0.5, 0.6) is 0 Å². The summed E-state index contributed by atoms with van der Waals surface area (Å²) in [5, 5.41) is 5.49. The van der Waals surface area contributed by atoms with Gasteiger partial charge in [0.05, 0.1) is 0 Å². The summed E-state index contributed by atoms with van der Waals surface area (Å²) in [5.41, 5.74) is 5.06. The second kappa shape index (κ2) is 3.95. The molecule has 0 amide bonds. The van der Waals surface area contributed by atoms with Crippen LogP contribution in [-0.2, 0) is 0 Å². The molecule has 0 spiro atoms. The second-order valence-electron chi connectivity index (χ2n) is 1.92. The highest BCUT2D eigenvalue weighted by atomic mass is 15.5. The van der Waals surface area contributed by atoms with Crippen LogP contribution in [0.4, 0.5) is 0 Å². The summed E-state index contributed by atoms with van der Waals surface area (Å²) in [6.07, 6.45) is 2.88. The third-order valence-corrected chi connectivity index (χ3v) is 0.916. The first-order valence-electron chi connectivity index (χ1n) is 2.87. The fourth-order valence-electron chi connectivity index (χ4n) is 0.468. The monoisotopic (exact) mass is 127 g/mol. The molecule has 3 heteroatoms. The molecule has 0 rings (SSSR count). The fourth-order valence-corrected chi connectivity index (χ4v) is 0.468. The molecule has 9 heavy (non-hydrogen) atoms. The smallest absolute Gasteiger partial charge is 0.106 e. The van der Waals surface area contributed by atoms with Gasteiger partial charge in [-0.3, -0.25) is 5.01 Å². The van der Waals surface area contributed by atoms with Crippen LogP contribution >= 0.6 is 0 Å². The molecule has 0 saturated heterocycles. The van der Waals surface area contributed by atoms with Crippen molar-refractivity contribution in [3.8, 4) is 0 Å². The molecule has 0 aliphatic carbocycles. The predicted molar refractivity (Wildman–Crippen MR) is 39.9 cm³/mol. The van der Waals surface area contributed by atoms with Crippen LogP contribution < -0.4 is 5.73 Å². The van der Waals surface area contributed by atoms with Gasteiger partial charge in [-0.25, -0.2) is 0 Å². The molecule has 3 nitrogen and oxygen atoms in total. The average Bonchev–Trinajstić information content (AvgIpc) is 1.82. The van der Waals surface area contributed by atoms with E-state index in [4.69, 9.17) is 5.73 Å². The lowest BCUT2D eigenvalue weighted by Gasteiger charge is -2.16. The first-order chi connectivity index (χ1) is 4.22. The minimum absolute atomic E-state index is 0.322. The van der Waals surface area contributed by atoms with E-state index in [9.17, 15) is 0 Å². The lowest BCUT2D eigenvalue weighted by Crippen LogP contribution is -2.19. The number of hydrogen-bond acceptors (Lipinski definition) is 2. The van der Waals surface area contributed by atoms with Gasteiger partial charge < -0.3 is 5.73 Å². The molecule has 0 unspecified atom stereocenters. The molecule has 0 atom stereocenters. The van der Waals surface area contributed by atoms with E-state index in [-0.39, 0.29) is 0 Å². The van der Waals surface area contributed by atoms with Gasteiger partial charge in [0.15, 0.2) is 0 Å². The van der Waals surface area contributed by atoms with Crippen LogP contribution in [-0.4, -0.2) is 17.4 Å². The Morgan fingerprint density at radius 3 is 2.33 bits per heavy atom. The molecule has 0 aromatic rings. The highest BCUT2D eigenvalue weighted by molar-refractivity contribution is 5.50. The van der Waals surface area contributed by atoms with Gasteiger partial charge in [0.1, 0.15) is 6.34 Å². The lowest BCUT2D eigenvalue weighted by atomic mass is 10.4. The van der Waals surface area contributed by atoms with Gasteiger partial charge in [-0.2, -0.15) is 5.10 Å². The van der Waals surface area contributed by atoms with E-state index in [0.29, 0.717) is 6.04 Å². The van der Waals surface area contributed by atoms with Crippen molar-refractivity contribution in [2.24, 2.45) is 10.8 Å². The highest BCUT2D eigenvalue weighted by Gasteiger charge is 1.97. The van der Waals surface area contributed by atoms with Crippen molar-refractivity contribution in [1.29, 1.82) is 0 Å². The van der Waals surface area contributed by atoms with Crippen LogP contribution in [0.1, 0.15) is 13.8 Å². The Balaban J connectivity index is 3.82. The van der Waals surface area contributed by atoms with Crippen LogP contribution in [0.15, 0.2) is 17.9 Å². The number of hydrogen-bond donors (Lipinski definition) is 1. The van der Waals surface area contributed by atoms with Crippen molar-refractivity contribution in [3.63, 3.8) is 0 Å². The zero-order valence-electron chi connectivity index (χ0n) is 5.91. The molecule has 0 fully saturated rings. The van der Waals surface area contributed by atoms with E-state index in [2.05, 4.69) is 11.7 Å². The molecule has 0 aromatic carbocycles. The standard InChI is InChI=1S/C6H13N3/c1-4-9(6(2)3)8-5-7/h4-6H,1H2,2-3H3,(H2,7,8). The van der Waals surface area contributed by atoms with Gasteiger partial charge in [0.2, 0.25) is 0 Å². The van der Waals surface area contributed by atoms with Gasteiger partial charge in [-0.1, -0.05) is 6.58 Å². The molecule has 0 radical (unpaired) electrons. The zero-order valence-corrected chi connectivity index (χ0v) is 5.91. The van der Waals surface area contributed by atoms with Crippen molar-refractivity contribution >= 4 is 6.34 Å². The first kappa shape index (κ1) is 8.01. The maximum atomic E-state index is 5.06. The molecule has 0 aliphatic heterocycles. The molecule has 2 N–H and O–H groups in total. The van der Waals surface area contributed by atoms with Crippen molar-refractivity contribution in [3.05, 3.63) is 12.8 Å². The molecule has 0 bridgehead atoms. The summed E-state index contributed by atoms with van der Waals surface area (Å²) in [4.78, 5) is 0. The lowest BCUT2D eigenvalue weighted by molar-refractivity contribution is 0.330. The summed E-state index contributed by atoms with van der Waals surface area (Å²) < 4.78 is 0. The van der Waals surface area contributed by atoms with Gasteiger partial charge >= 0.3 is 0 Å². The Labute approximate surface area is 55.8 Å². The van der Waals surface area contributed by atoms with Crippen LogP contribution in [0.2, 0.25) is 0 Å². The van der Waals surface area contributed by atoms with Gasteiger partial charge in [0, 0.05) is 12.2 Å². The maximum Gasteiger partial charge on any atom is 0.106 e. The molecule has 52 valence electrons. The van der Waals surface area contributed by atoms with E-state index in [1.807, 2.05) is 13.8 Å². The van der Waals surface area contributed by atoms with Gasteiger partial charge in [-0.05, 0) is 13.8 Å². The molecule has 0 aliphatic rings. The molecule has 0 saturated carbocycles. The second-order valence-corrected chi connectivity index (χ2v) is 1.92. The Morgan fingerprint density at radius 1 is 1.67 bits per heavy atom. The Hall–Kier alpha value is -0.990. The van der Waals surface area contributed by atoms with Gasteiger partial charge in [-0.15, -0.1) is 0 Å². The molecule has 0 heterocycles. The Kier molecular flexibility index (Phi) is 3.51. The average molecular weight is 127 g/mol. The summed E-state index contributed by atoms with van der Waals surface area (Å²) in [7, 11) is 0. The molecular formula is C6H13N3.